The van der Waals surface area contributed by atoms with Gasteiger partial charge >= 0.3 is 109 Å². The van der Waals surface area contributed by atoms with Gasteiger partial charge in [-0.15, -0.1) is 5.06 Å². The fourth-order valence-corrected chi connectivity index (χ4v) is 10.1. The number of nitrogens with zero attached hydrogens (tertiary/aromatic N) is 3. The number of benzene rings is 2. The number of hydroxylamine groups is 2. The minimum absolute atomic E-state index is 0. The van der Waals surface area contributed by atoms with Crippen LogP contribution in [0.15, 0.2) is 58.5 Å². The number of imide groups is 1. The number of thiazole rings is 1. The van der Waals surface area contributed by atoms with Gasteiger partial charge in [0.2, 0.25) is 5.52 Å². The van der Waals surface area contributed by atoms with Crippen LogP contribution in [0.3, 0.4) is 0 Å². The quantitative estimate of drug-likeness (QED) is 0.0404. The average molecular weight is 1000 g/mol. The van der Waals surface area contributed by atoms with E-state index in [-0.39, 0.29) is 148 Å². The second-order valence-corrected chi connectivity index (χ2v) is 22.4. The first kappa shape index (κ1) is 55.9. The maximum atomic E-state index is 12.3. The summed E-state index contributed by atoms with van der Waals surface area (Å²) in [6.45, 7) is 4.92. The minimum Gasteiger partial charge on any atom is -0.748 e. The molecule has 5 rings (SSSR count). The largest absolute Gasteiger partial charge is 1.00 e. The van der Waals surface area contributed by atoms with Gasteiger partial charge in [0, 0.05) is 65.0 Å². The van der Waals surface area contributed by atoms with Crippen LogP contribution in [0.25, 0.3) is 16.3 Å². The third-order valence-electron chi connectivity index (χ3n) is 10.4. The molecule has 3 atom stereocenters. The predicted octanol–water partition coefficient (Wildman–Crippen LogP) is -1.11. The van der Waals surface area contributed by atoms with Gasteiger partial charge in [0.25, 0.3) is 16.8 Å². The molecule has 2 aromatic carbocycles. The summed E-state index contributed by atoms with van der Waals surface area (Å²) in [6.07, 6.45) is 8.57. The number of carbonyl (C=O) groups excluding carboxylic acids is 3. The molecule has 0 N–H and O–H groups in total. The Labute approximate surface area is 456 Å². The zero-order chi connectivity index (χ0) is 44.0. The normalized spacial score (nSPS) is 16.7. The Morgan fingerprint density at radius 1 is 0.806 bits per heavy atom. The van der Waals surface area contributed by atoms with Crippen molar-refractivity contribution in [1.82, 2.24) is 5.06 Å². The molecule has 3 aromatic rings. The van der Waals surface area contributed by atoms with E-state index in [1.54, 1.807) is 0 Å². The van der Waals surface area contributed by atoms with Crippen LogP contribution in [0.2, 0.25) is 0 Å². The first-order valence-corrected chi connectivity index (χ1v) is 25.5. The average Bonchev–Trinajstić information content (AvgIpc) is 3.81. The van der Waals surface area contributed by atoms with Crippen molar-refractivity contribution in [3.05, 3.63) is 69.7 Å². The smallest absolute Gasteiger partial charge is 0.748 e. The van der Waals surface area contributed by atoms with Gasteiger partial charge < -0.3 is 23.4 Å². The van der Waals surface area contributed by atoms with Gasteiger partial charge in [-0.25, -0.2) is 30.0 Å². The Hall–Kier alpha value is -0.427. The molecular weight excluding hydrogens is 957 g/mol. The van der Waals surface area contributed by atoms with Crippen LogP contribution in [-0.2, 0) is 69.0 Å². The van der Waals surface area contributed by atoms with E-state index >= 15 is 0 Å². The van der Waals surface area contributed by atoms with Crippen LogP contribution >= 0.6 is 23.1 Å². The number of thioether (sulfide) groups is 1. The van der Waals surface area contributed by atoms with Crippen LogP contribution in [0.5, 0.6) is 0 Å². The van der Waals surface area contributed by atoms with Crippen LogP contribution in [0, 0.1) is 0 Å². The summed E-state index contributed by atoms with van der Waals surface area (Å²) in [4.78, 5) is 43.7. The maximum absolute atomic E-state index is 12.3. The van der Waals surface area contributed by atoms with E-state index in [0.29, 0.717) is 43.7 Å². The molecule has 2 aliphatic rings. The molecule has 0 bridgehead atoms. The van der Waals surface area contributed by atoms with Gasteiger partial charge in [0.15, 0.2) is 6.54 Å². The van der Waals surface area contributed by atoms with Crippen molar-refractivity contribution in [1.29, 1.82) is 0 Å². The van der Waals surface area contributed by atoms with E-state index in [4.69, 9.17) is 4.84 Å². The van der Waals surface area contributed by atoms with E-state index < -0.39 is 63.9 Å². The van der Waals surface area contributed by atoms with Crippen LogP contribution in [0.1, 0.15) is 94.7 Å². The third kappa shape index (κ3) is 15.8. The molecule has 62 heavy (non-hydrogen) atoms. The number of aromatic nitrogens is 1. The van der Waals surface area contributed by atoms with Crippen LogP contribution in [-0.4, -0.2) is 84.1 Å². The molecule has 0 aliphatic carbocycles. The third-order valence-corrected chi connectivity index (χ3v) is 16.3. The predicted molar refractivity (Wildman–Crippen MR) is 223 cm³/mol. The van der Waals surface area contributed by atoms with Crippen LogP contribution in [0.4, 0.5) is 5.69 Å². The Morgan fingerprint density at radius 2 is 1.37 bits per heavy atom. The van der Waals surface area contributed by atoms with Gasteiger partial charge in [-0.3, -0.25) is 9.59 Å². The molecular formula is C39H47K2N3O13S5. The molecule has 1 saturated heterocycles. The molecule has 0 radical (unpaired) electrons. The van der Waals surface area contributed by atoms with Crippen molar-refractivity contribution >= 4 is 93.2 Å². The molecule has 2 aliphatic heterocycles. The van der Waals surface area contributed by atoms with E-state index in [0.717, 1.165) is 42.0 Å². The van der Waals surface area contributed by atoms with Crippen molar-refractivity contribution in [2.24, 2.45) is 0 Å². The van der Waals surface area contributed by atoms with Gasteiger partial charge in [-0.2, -0.15) is 4.57 Å². The molecule has 1 fully saturated rings. The van der Waals surface area contributed by atoms with Gasteiger partial charge in [0.05, 0.1) is 41.1 Å². The summed E-state index contributed by atoms with van der Waals surface area (Å²) in [7, 11) is -13.4. The zero-order valence-corrected chi connectivity index (χ0v) is 45.6. The maximum Gasteiger partial charge on any atom is 1.00 e. The van der Waals surface area contributed by atoms with E-state index in [1.807, 2.05) is 59.5 Å². The van der Waals surface area contributed by atoms with Gasteiger partial charge in [-0.05, 0) is 101 Å². The number of aryl methyl sites for hydroxylation is 3. The summed E-state index contributed by atoms with van der Waals surface area (Å²) in [6, 6.07) is 11.4. The number of amides is 2. The topological polar surface area (TPSA) is 242 Å². The summed E-state index contributed by atoms with van der Waals surface area (Å²) in [5, 5.41) is -1.06. The summed E-state index contributed by atoms with van der Waals surface area (Å²) in [5.74, 6) is -1.75. The summed E-state index contributed by atoms with van der Waals surface area (Å²) < 4.78 is 107. The molecule has 3 unspecified atom stereocenters. The standard InChI is InChI=1S/C39H49N3O13S5.2K/c1-26(58(46,47)48)11-13-29-15-17-31-33(24-29)56-37(40(31)22-6-4-5-10-39(45)55-42-35(43)19-20-36(42)44)8-7-9-38-41(23-21-28(3)60(52,53)54)32-18-16-30(25-34(32)57-38)14-12-27(2)59(49,50)51;;/h7-9,15-18,24-28H,4-6,10-14,19-23H2,1-3H3,(H2-,46,47,48,49,50,51,52,53,54);;/q;2*+1/p-2. The number of anilines is 1. The second kappa shape index (κ2) is 24.6. The molecule has 1 aromatic heterocycles. The number of hydrogen-bond acceptors (Lipinski definition) is 16. The van der Waals surface area contributed by atoms with Gasteiger partial charge in [0.1, 0.15) is 4.70 Å². The van der Waals surface area contributed by atoms with Crippen molar-refractivity contribution in [3.8, 4) is 0 Å². The number of carbonyl (C=O) groups is 3. The number of hydrogen-bond donors (Lipinski definition) is 0. The fourth-order valence-electron chi connectivity index (χ4n) is 6.54. The Morgan fingerprint density at radius 3 is 1.97 bits per heavy atom. The second-order valence-electron chi connectivity index (χ2n) is 14.9. The molecule has 3 heterocycles. The molecule has 0 spiro atoms. The van der Waals surface area contributed by atoms with Gasteiger partial charge in [-0.1, -0.05) is 41.3 Å². The summed E-state index contributed by atoms with van der Waals surface area (Å²) in [5.41, 5.74) is 3.39. The first-order valence-electron chi connectivity index (χ1n) is 19.4. The van der Waals surface area contributed by atoms with Crippen molar-refractivity contribution in [2.75, 3.05) is 11.4 Å². The SMILES string of the molecule is CC(CCc1ccc2c(c1)S/C(=C\C=C\c1sc3cc(CCC(C)S(=O)(=O)[O-])ccc3[n+]1CCCCCC(=O)ON1C(=O)CCC1=O)N2CCC(C)S(=O)(=O)[O-])S(=O)(=O)[O-].[K+].[K+]. The molecule has 2 amide bonds. The zero-order valence-electron chi connectivity index (χ0n) is 35.3. The van der Waals surface area contributed by atoms with Crippen molar-refractivity contribution in [3.63, 3.8) is 0 Å². The number of fused-ring (bicyclic) bond motifs is 2. The van der Waals surface area contributed by atoms with Crippen molar-refractivity contribution in [2.45, 2.75) is 119 Å². The van der Waals surface area contributed by atoms with Crippen LogP contribution < -0.4 is 112 Å². The molecule has 23 heteroatoms. The summed E-state index contributed by atoms with van der Waals surface area (Å²) >= 11 is 2.93. The molecule has 16 nitrogen and oxygen atoms in total. The number of allylic oxidation sites excluding steroid dienone is 2. The Bertz CT molecular complexity index is 2500. The molecule has 328 valence electrons. The monoisotopic (exact) mass is 1000 g/mol. The van der Waals surface area contributed by atoms with Crippen molar-refractivity contribution < 1.29 is 165 Å². The number of unbranched alkanes of at least 4 members (excludes halogenated alkanes) is 2. The fraction of sp³-hybridized carbons (Fsp3) is 0.487. The van der Waals surface area contributed by atoms with E-state index in [2.05, 4.69) is 4.57 Å². The number of rotatable bonds is 21. The van der Waals surface area contributed by atoms with E-state index in [1.165, 1.54) is 43.9 Å². The molecule has 0 saturated carbocycles. The Kier molecular flexibility index (Phi) is 22.1. The first-order chi connectivity index (χ1) is 28.1. The Balaban J connectivity index is 0.00000512. The minimum atomic E-state index is -4.52. The van der Waals surface area contributed by atoms with E-state index in [9.17, 15) is 53.3 Å².